The third-order valence-corrected chi connectivity index (χ3v) is 18.2. The number of fused-ring (bicyclic) bond motifs is 14. The Hall–Kier alpha value is -9.02. The van der Waals surface area contributed by atoms with Crippen molar-refractivity contribution in [3.8, 4) is 44.5 Å². The molecule has 0 saturated carbocycles. The summed E-state index contributed by atoms with van der Waals surface area (Å²) in [7, 11) is 0. The average Bonchev–Trinajstić information content (AvgIpc) is 4.29. The highest BCUT2D eigenvalue weighted by atomic mass is 32.1. The van der Waals surface area contributed by atoms with Gasteiger partial charge in [0.1, 0.15) is 0 Å². The molecule has 0 saturated heterocycles. The number of hydrogen-bond acceptors (Lipinski definition) is 3. The highest BCUT2D eigenvalue weighted by Crippen LogP contribution is 2.57. The summed E-state index contributed by atoms with van der Waals surface area (Å²) in [6.45, 7) is 9.50. The van der Waals surface area contributed by atoms with E-state index in [1.807, 2.05) is 11.3 Å². The van der Waals surface area contributed by atoms with Crippen LogP contribution in [0.3, 0.4) is 0 Å². The predicted octanol–water partition coefficient (Wildman–Crippen LogP) is 21.2. The molecule has 0 unspecified atom stereocenters. The molecule has 366 valence electrons. The number of anilines is 6. The summed E-state index contributed by atoms with van der Waals surface area (Å²) in [5, 5.41) is 7.85. The van der Waals surface area contributed by atoms with E-state index >= 15 is 0 Å². The van der Waals surface area contributed by atoms with Gasteiger partial charge in [-0.3, -0.25) is 0 Å². The van der Waals surface area contributed by atoms with Gasteiger partial charge in [-0.1, -0.05) is 216 Å². The maximum absolute atomic E-state index is 2.51. The van der Waals surface area contributed by atoms with Crippen molar-refractivity contribution in [3.05, 3.63) is 277 Å². The van der Waals surface area contributed by atoms with Crippen LogP contribution in [0.4, 0.5) is 34.1 Å². The first-order valence-electron chi connectivity index (χ1n) is 26.9. The van der Waals surface area contributed by atoms with E-state index in [-0.39, 0.29) is 10.8 Å². The number of rotatable bonds is 8. The van der Waals surface area contributed by atoms with E-state index in [4.69, 9.17) is 0 Å². The Morgan fingerprint density at radius 1 is 0.299 bits per heavy atom. The molecule has 1 aromatic heterocycles. The second-order valence-electron chi connectivity index (χ2n) is 22.0. The summed E-state index contributed by atoms with van der Waals surface area (Å²) in [6.07, 6.45) is 0. The van der Waals surface area contributed by atoms with E-state index in [1.54, 1.807) is 0 Å². The fourth-order valence-corrected chi connectivity index (χ4v) is 14.7. The zero-order chi connectivity index (χ0) is 51.6. The zero-order valence-electron chi connectivity index (χ0n) is 43.6. The lowest BCUT2D eigenvalue weighted by Gasteiger charge is -2.32. The molecule has 0 amide bonds. The van der Waals surface area contributed by atoms with Gasteiger partial charge in [0.15, 0.2) is 0 Å². The van der Waals surface area contributed by atoms with E-state index in [1.165, 1.54) is 97.4 Å². The molecule has 13 aromatic rings. The molecule has 0 fully saturated rings. The Kier molecular flexibility index (Phi) is 10.2. The first-order valence-corrected chi connectivity index (χ1v) is 27.7. The second kappa shape index (κ2) is 17.3. The molecule has 3 heteroatoms. The van der Waals surface area contributed by atoms with Crippen LogP contribution in [0.5, 0.6) is 0 Å². The molecule has 2 aliphatic carbocycles. The van der Waals surface area contributed by atoms with Gasteiger partial charge in [0.25, 0.3) is 0 Å². The quantitative estimate of drug-likeness (QED) is 0.140. The van der Waals surface area contributed by atoms with Gasteiger partial charge in [0.05, 0.1) is 11.4 Å². The van der Waals surface area contributed by atoms with Gasteiger partial charge in [-0.15, -0.1) is 11.3 Å². The highest BCUT2D eigenvalue weighted by Gasteiger charge is 2.40. The Balaban J connectivity index is 1.01. The smallest absolute Gasteiger partial charge is 0.0543 e. The number of para-hydroxylation sites is 2. The van der Waals surface area contributed by atoms with Crippen LogP contribution < -0.4 is 9.80 Å². The normalized spacial score (nSPS) is 13.7. The van der Waals surface area contributed by atoms with E-state index in [9.17, 15) is 0 Å². The van der Waals surface area contributed by atoms with Crippen molar-refractivity contribution < 1.29 is 0 Å². The molecule has 15 rings (SSSR count). The van der Waals surface area contributed by atoms with Crippen molar-refractivity contribution in [2.75, 3.05) is 9.80 Å². The molecule has 1 heterocycles. The second-order valence-corrected chi connectivity index (χ2v) is 23.0. The maximum atomic E-state index is 2.51. The summed E-state index contributed by atoms with van der Waals surface area (Å²) in [5.41, 5.74) is 21.5. The Bertz CT molecular complexity index is 4360. The Labute approximate surface area is 454 Å². The molecule has 2 nitrogen and oxygen atoms in total. The minimum atomic E-state index is -0.171. The standard InChI is InChI=1S/C74H54N2S/c1-73(2)61-36-17-15-33-59(61)68-63(73)38-21-40-65(68)75(50-25-7-5-8-26-50)52-44-49(45-53(46-52)76(51-27-9-6-10-28-51)66-41-22-39-64-69(66)60-34-16-18-37-62(60)74(64,3)4)47-23-19-24-48(43-47)54-35-20-42-67-70(54)71-57-31-13-11-29-55(57)56-30-12-14-32-58(56)72(71)77-67/h5-46H,1-4H3. The molecule has 77 heavy (non-hydrogen) atoms. The summed E-state index contributed by atoms with van der Waals surface area (Å²) in [5.74, 6) is 0. The van der Waals surface area contributed by atoms with Crippen LogP contribution in [-0.4, -0.2) is 0 Å². The first-order chi connectivity index (χ1) is 37.7. The highest BCUT2D eigenvalue weighted by molar-refractivity contribution is 7.27. The van der Waals surface area contributed by atoms with E-state index in [2.05, 4.69) is 292 Å². The van der Waals surface area contributed by atoms with Gasteiger partial charge >= 0.3 is 0 Å². The Morgan fingerprint density at radius 2 is 0.740 bits per heavy atom. The molecule has 12 aromatic carbocycles. The van der Waals surface area contributed by atoms with E-state index in [0.29, 0.717) is 0 Å². The van der Waals surface area contributed by atoms with Crippen molar-refractivity contribution in [2.24, 2.45) is 0 Å². The molecule has 2 aliphatic rings. The molecular formula is C74H54N2S. The first kappa shape index (κ1) is 45.4. The van der Waals surface area contributed by atoms with Crippen LogP contribution in [0.25, 0.3) is 86.2 Å². The van der Waals surface area contributed by atoms with Crippen LogP contribution >= 0.6 is 11.3 Å². The largest absolute Gasteiger partial charge is 0.310 e. The molecule has 0 N–H and O–H groups in total. The van der Waals surface area contributed by atoms with Gasteiger partial charge in [0.2, 0.25) is 0 Å². The summed E-state index contributed by atoms with van der Waals surface area (Å²) < 4.78 is 2.64. The number of hydrogen-bond donors (Lipinski definition) is 0. The van der Waals surface area contributed by atoms with Gasteiger partial charge in [-0.25, -0.2) is 0 Å². The molecular weight excluding hydrogens is 949 g/mol. The van der Waals surface area contributed by atoms with E-state index in [0.717, 1.165) is 45.3 Å². The van der Waals surface area contributed by atoms with Gasteiger partial charge in [0, 0.05) is 70.3 Å². The summed E-state index contributed by atoms with van der Waals surface area (Å²) in [6, 6.07) is 95.2. The van der Waals surface area contributed by atoms with Crippen molar-refractivity contribution in [1.82, 2.24) is 0 Å². The van der Waals surface area contributed by atoms with Crippen LogP contribution in [0, 0.1) is 0 Å². The van der Waals surface area contributed by atoms with Crippen LogP contribution in [0.1, 0.15) is 49.9 Å². The number of benzene rings is 12. The third-order valence-electron chi connectivity index (χ3n) is 17.0. The van der Waals surface area contributed by atoms with E-state index < -0.39 is 0 Å². The fourth-order valence-electron chi connectivity index (χ4n) is 13.4. The minimum Gasteiger partial charge on any atom is -0.310 e. The average molecular weight is 1000 g/mol. The SMILES string of the molecule is CC1(C)c2ccccc2-c2c(N(c3ccccc3)c3cc(-c4cccc(-c5cccc6sc7c8ccccc8c8ccccc8c7c56)c4)cc(N(c4ccccc4)c4cccc5c4-c4ccccc4C5(C)C)c3)cccc21. The van der Waals surface area contributed by atoms with Crippen molar-refractivity contribution in [2.45, 2.75) is 38.5 Å². The van der Waals surface area contributed by atoms with Crippen LogP contribution in [0.15, 0.2) is 255 Å². The minimum absolute atomic E-state index is 0.171. The summed E-state index contributed by atoms with van der Waals surface area (Å²) in [4.78, 5) is 5.02. The zero-order valence-corrected chi connectivity index (χ0v) is 44.4. The fraction of sp³-hybridized carbons (Fsp3) is 0.0811. The lowest BCUT2D eigenvalue weighted by Crippen LogP contribution is -2.17. The van der Waals surface area contributed by atoms with Gasteiger partial charge < -0.3 is 9.80 Å². The number of thiophene rings is 1. The van der Waals surface area contributed by atoms with Gasteiger partial charge in [-0.2, -0.15) is 0 Å². The topological polar surface area (TPSA) is 6.48 Å². The molecule has 0 radical (unpaired) electrons. The lowest BCUT2D eigenvalue weighted by molar-refractivity contribution is 0.660. The van der Waals surface area contributed by atoms with Crippen molar-refractivity contribution >= 4 is 87.2 Å². The monoisotopic (exact) mass is 1000 g/mol. The summed E-state index contributed by atoms with van der Waals surface area (Å²) >= 11 is 1.91. The molecule has 0 aliphatic heterocycles. The molecule has 0 spiro atoms. The predicted molar refractivity (Wildman–Crippen MR) is 330 cm³/mol. The molecule has 0 atom stereocenters. The maximum Gasteiger partial charge on any atom is 0.0543 e. The molecule has 0 bridgehead atoms. The van der Waals surface area contributed by atoms with Crippen LogP contribution in [0.2, 0.25) is 0 Å². The Morgan fingerprint density at radius 3 is 1.32 bits per heavy atom. The number of nitrogens with zero attached hydrogens (tertiary/aromatic N) is 2. The van der Waals surface area contributed by atoms with Crippen molar-refractivity contribution in [3.63, 3.8) is 0 Å². The lowest BCUT2D eigenvalue weighted by atomic mass is 9.82. The third kappa shape index (κ3) is 6.86. The van der Waals surface area contributed by atoms with Gasteiger partial charge in [-0.05, 0) is 139 Å². The van der Waals surface area contributed by atoms with Crippen molar-refractivity contribution in [1.29, 1.82) is 0 Å². The van der Waals surface area contributed by atoms with Crippen LogP contribution in [-0.2, 0) is 10.8 Å².